The molecule has 0 saturated heterocycles. The summed E-state index contributed by atoms with van der Waals surface area (Å²) in [4.78, 5) is 16.3. The van der Waals surface area contributed by atoms with E-state index < -0.39 is 5.97 Å². The number of carbonyl (C=O) groups is 1. The first-order chi connectivity index (χ1) is 14.5. The van der Waals surface area contributed by atoms with Gasteiger partial charge in [0.1, 0.15) is 12.4 Å². The number of ether oxygens (including phenoxy) is 3. The summed E-state index contributed by atoms with van der Waals surface area (Å²) in [6.07, 6.45) is 3.07. The molecule has 0 radical (unpaired) electrons. The van der Waals surface area contributed by atoms with E-state index in [1.54, 1.807) is 36.4 Å². The Hall–Kier alpha value is -3.14. The van der Waals surface area contributed by atoms with Gasteiger partial charge in [0.2, 0.25) is 0 Å². The van der Waals surface area contributed by atoms with Crippen molar-refractivity contribution in [2.24, 2.45) is 4.99 Å². The zero-order valence-corrected chi connectivity index (χ0v) is 17.9. The summed E-state index contributed by atoms with van der Waals surface area (Å²) in [7, 11) is 1.52. The number of esters is 1. The molecule has 0 spiro atoms. The van der Waals surface area contributed by atoms with E-state index in [9.17, 15) is 9.18 Å². The molecule has 0 N–H and O–H groups in total. The number of cyclic esters (lactones) is 1. The van der Waals surface area contributed by atoms with Crippen LogP contribution >= 0.6 is 22.6 Å². The van der Waals surface area contributed by atoms with Crippen LogP contribution in [0.15, 0.2) is 69.9 Å². The van der Waals surface area contributed by atoms with Crippen molar-refractivity contribution in [2.75, 3.05) is 7.11 Å². The van der Waals surface area contributed by atoms with Gasteiger partial charge in [-0.25, -0.2) is 14.2 Å². The van der Waals surface area contributed by atoms with Gasteiger partial charge < -0.3 is 18.6 Å². The smallest absolute Gasteiger partial charge is 0.363 e. The van der Waals surface area contributed by atoms with Gasteiger partial charge in [-0.3, -0.25) is 0 Å². The minimum Gasteiger partial charge on any atom is -0.493 e. The zero-order valence-electron chi connectivity index (χ0n) is 15.7. The van der Waals surface area contributed by atoms with Crippen molar-refractivity contribution in [1.82, 2.24) is 0 Å². The van der Waals surface area contributed by atoms with Crippen LogP contribution in [-0.4, -0.2) is 19.0 Å². The average molecular weight is 519 g/mol. The van der Waals surface area contributed by atoms with Crippen LogP contribution in [0.5, 0.6) is 11.5 Å². The largest absolute Gasteiger partial charge is 0.493 e. The van der Waals surface area contributed by atoms with Gasteiger partial charge in [-0.1, -0.05) is 12.1 Å². The highest BCUT2D eigenvalue weighted by Gasteiger charge is 2.26. The lowest BCUT2D eigenvalue weighted by molar-refractivity contribution is -0.130. The van der Waals surface area contributed by atoms with Gasteiger partial charge in [-0.2, -0.15) is 0 Å². The number of methoxy groups -OCH3 is 1. The Kier molecular flexibility index (Phi) is 5.84. The molecule has 0 fully saturated rings. The Labute approximate surface area is 185 Å². The van der Waals surface area contributed by atoms with Crippen LogP contribution in [0.2, 0.25) is 0 Å². The van der Waals surface area contributed by atoms with E-state index in [1.807, 2.05) is 6.07 Å². The van der Waals surface area contributed by atoms with E-state index in [0.29, 0.717) is 28.4 Å². The number of furan rings is 1. The molecule has 8 heteroatoms. The molecule has 0 atom stereocenters. The standard InChI is InChI=1S/C22H15FINO5/c1-27-19-11-14(10-17-22(26)30-21(25-17)18-6-3-7-28-18)9-16(24)20(19)29-12-13-4-2-5-15(23)8-13/h2-11H,12H2,1H3/b17-10-. The number of hydrogen-bond acceptors (Lipinski definition) is 6. The summed E-state index contributed by atoms with van der Waals surface area (Å²) in [5.74, 6) is 0.609. The van der Waals surface area contributed by atoms with Crippen LogP contribution in [0.25, 0.3) is 6.08 Å². The molecule has 6 nitrogen and oxygen atoms in total. The van der Waals surface area contributed by atoms with Crippen LogP contribution in [0.3, 0.4) is 0 Å². The maximum atomic E-state index is 13.4. The van der Waals surface area contributed by atoms with E-state index >= 15 is 0 Å². The molecule has 4 rings (SSSR count). The fraction of sp³-hybridized carbons (Fsp3) is 0.0909. The van der Waals surface area contributed by atoms with Crippen LogP contribution < -0.4 is 9.47 Å². The highest BCUT2D eigenvalue weighted by Crippen LogP contribution is 2.35. The third-order valence-electron chi connectivity index (χ3n) is 4.18. The molecule has 0 amide bonds. The molecule has 152 valence electrons. The normalized spacial score (nSPS) is 14.6. The molecule has 30 heavy (non-hydrogen) atoms. The molecular formula is C22H15FINO5. The third-order valence-corrected chi connectivity index (χ3v) is 4.98. The van der Waals surface area contributed by atoms with Crippen molar-refractivity contribution >= 4 is 40.5 Å². The second-order valence-electron chi connectivity index (χ2n) is 6.27. The van der Waals surface area contributed by atoms with Gasteiger partial charge in [-0.15, -0.1) is 0 Å². The second-order valence-corrected chi connectivity index (χ2v) is 7.43. The number of aliphatic imine (C=N–C) groups is 1. The Balaban J connectivity index is 1.59. The first-order valence-electron chi connectivity index (χ1n) is 8.84. The first-order valence-corrected chi connectivity index (χ1v) is 9.92. The van der Waals surface area contributed by atoms with E-state index in [-0.39, 0.29) is 24.0 Å². The topological polar surface area (TPSA) is 70.3 Å². The zero-order chi connectivity index (χ0) is 21.1. The van der Waals surface area contributed by atoms with Crippen molar-refractivity contribution in [3.05, 3.63) is 86.8 Å². The van der Waals surface area contributed by atoms with Gasteiger partial charge in [0, 0.05) is 0 Å². The number of benzene rings is 2. The van der Waals surface area contributed by atoms with Crippen molar-refractivity contribution < 1.29 is 27.8 Å². The molecule has 0 saturated carbocycles. The molecule has 0 bridgehead atoms. The number of hydrogen-bond donors (Lipinski definition) is 0. The van der Waals surface area contributed by atoms with Crippen LogP contribution in [0.4, 0.5) is 4.39 Å². The van der Waals surface area contributed by atoms with Crippen LogP contribution in [0.1, 0.15) is 16.9 Å². The average Bonchev–Trinajstić information content (AvgIpc) is 3.37. The molecule has 1 aliphatic rings. The highest BCUT2D eigenvalue weighted by atomic mass is 127. The fourth-order valence-corrected chi connectivity index (χ4v) is 3.60. The predicted molar refractivity (Wildman–Crippen MR) is 116 cm³/mol. The number of nitrogens with zero attached hydrogens (tertiary/aromatic N) is 1. The summed E-state index contributed by atoms with van der Waals surface area (Å²) in [5.41, 5.74) is 1.53. The maximum Gasteiger partial charge on any atom is 0.363 e. The van der Waals surface area contributed by atoms with E-state index in [2.05, 4.69) is 27.6 Å². The predicted octanol–water partition coefficient (Wildman–Crippen LogP) is 4.96. The van der Waals surface area contributed by atoms with Gasteiger partial charge in [0.15, 0.2) is 23.0 Å². The van der Waals surface area contributed by atoms with Crippen LogP contribution in [-0.2, 0) is 16.1 Å². The summed E-state index contributed by atoms with van der Waals surface area (Å²) >= 11 is 2.11. The minimum absolute atomic E-state index is 0.118. The quantitative estimate of drug-likeness (QED) is 0.262. The molecular weight excluding hydrogens is 504 g/mol. The lowest BCUT2D eigenvalue weighted by Crippen LogP contribution is -2.04. The van der Waals surface area contributed by atoms with Gasteiger partial charge >= 0.3 is 5.97 Å². The molecule has 3 aromatic rings. The summed E-state index contributed by atoms with van der Waals surface area (Å²) in [6, 6.07) is 13.1. The summed E-state index contributed by atoms with van der Waals surface area (Å²) in [5, 5.41) is 0. The number of rotatable bonds is 6. The van der Waals surface area contributed by atoms with Gasteiger partial charge in [0.05, 0.1) is 16.9 Å². The van der Waals surface area contributed by atoms with Crippen molar-refractivity contribution in [3.63, 3.8) is 0 Å². The monoisotopic (exact) mass is 519 g/mol. The number of carbonyl (C=O) groups excluding carboxylic acids is 1. The van der Waals surface area contributed by atoms with Crippen molar-refractivity contribution in [1.29, 1.82) is 0 Å². The summed E-state index contributed by atoms with van der Waals surface area (Å²) in [6.45, 7) is 0.188. The lowest BCUT2D eigenvalue weighted by Gasteiger charge is -2.14. The maximum absolute atomic E-state index is 13.4. The Morgan fingerprint density at radius 3 is 2.80 bits per heavy atom. The molecule has 1 aliphatic heterocycles. The third kappa shape index (κ3) is 4.38. The Morgan fingerprint density at radius 1 is 1.20 bits per heavy atom. The van der Waals surface area contributed by atoms with E-state index in [1.165, 1.54) is 25.5 Å². The lowest BCUT2D eigenvalue weighted by atomic mass is 10.1. The SMILES string of the molecule is COc1cc(/C=C2\N=C(c3ccco3)OC2=O)cc(I)c1OCc1cccc(F)c1. The highest BCUT2D eigenvalue weighted by molar-refractivity contribution is 14.1. The Morgan fingerprint density at radius 2 is 2.07 bits per heavy atom. The fourth-order valence-electron chi connectivity index (χ4n) is 2.82. The molecule has 0 unspecified atom stereocenters. The molecule has 2 heterocycles. The Bertz CT molecular complexity index is 1150. The van der Waals surface area contributed by atoms with Crippen molar-refractivity contribution in [2.45, 2.75) is 6.61 Å². The molecule has 0 aliphatic carbocycles. The van der Waals surface area contributed by atoms with Crippen LogP contribution in [0, 0.1) is 9.39 Å². The van der Waals surface area contributed by atoms with Crippen molar-refractivity contribution in [3.8, 4) is 11.5 Å². The summed E-state index contributed by atoms with van der Waals surface area (Å²) < 4.78 is 35.8. The van der Waals surface area contributed by atoms with Gasteiger partial charge in [-0.05, 0) is 76.2 Å². The molecule has 2 aromatic carbocycles. The van der Waals surface area contributed by atoms with Gasteiger partial charge in [0.25, 0.3) is 5.90 Å². The number of halogens is 2. The van der Waals surface area contributed by atoms with E-state index in [4.69, 9.17) is 18.6 Å². The second kappa shape index (κ2) is 8.70. The molecule has 1 aromatic heterocycles. The first kappa shape index (κ1) is 20.1. The van der Waals surface area contributed by atoms with E-state index in [0.717, 1.165) is 3.57 Å². The minimum atomic E-state index is -0.568.